The highest BCUT2D eigenvalue weighted by Gasteiger charge is 2.10. The lowest BCUT2D eigenvalue weighted by Crippen LogP contribution is -2.04. The molecule has 0 fully saturated rings. The van der Waals surface area contributed by atoms with Crippen LogP contribution in [0.4, 0.5) is 0 Å². The molecule has 0 saturated heterocycles. The molecule has 0 atom stereocenters. The van der Waals surface area contributed by atoms with Crippen LogP contribution in [0.25, 0.3) is 11.1 Å². The summed E-state index contributed by atoms with van der Waals surface area (Å²) < 4.78 is 10.1. The zero-order chi connectivity index (χ0) is 13.9. The van der Waals surface area contributed by atoms with Crippen LogP contribution < -0.4 is 5.76 Å². The number of H-pyrrole nitrogens is 1. The van der Waals surface area contributed by atoms with E-state index in [0.717, 1.165) is 5.56 Å². The molecule has 1 N–H and O–H groups in total. The molecule has 20 heavy (non-hydrogen) atoms. The summed E-state index contributed by atoms with van der Waals surface area (Å²) in [7, 11) is 0. The lowest BCUT2D eigenvalue weighted by molar-refractivity contribution is 0.0473. The Morgan fingerprint density at radius 3 is 2.75 bits per heavy atom. The minimum Gasteiger partial charge on any atom is -0.457 e. The molecule has 5 nitrogen and oxygen atoms in total. The monoisotopic (exact) mass is 269 g/mol. The summed E-state index contributed by atoms with van der Waals surface area (Å²) in [5.41, 5.74) is 2.14. The molecule has 0 bridgehead atoms. The molecule has 0 spiro atoms. The average molecular weight is 269 g/mol. The second-order valence-electron chi connectivity index (χ2n) is 4.29. The first-order chi connectivity index (χ1) is 9.72. The topological polar surface area (TPSA) is 72.3 Å². The number of carbonyl (C=O) groups is 1. The van der Waals surface area contributed by atoms with Crippen LogP contribution in [0, 0.1) is 0 Å². The molecular formula is C15H11NO4. The van der Waals surface area contributed by atoms with E-state index < -0.39 is 11.7 Å². The van der Waals surface area contributed by atoms with Crippen LogP contribution >= 0.6 is 0 Å². The second kappa shape index (κ2) is 5.05. The van der Waals surface area contributed by atoms with Crippen molar-refractivity contribution in [3.05, 3.63) is 70.2 Å². The highest BCUT2D eigenvalue weighted by atomic mass is 16.5. The fraction of sp³-hybridized carbons (Fsp3) is 0.0667. The number of fused-ring (bicyclic) bond motifs is 1. The first-order valence-electron chi connectivity index (χ1n) is 6.06. The predicted molar refractivity (Wildman–Crippen MR) is 72.4 cm³/mol. The summed E-state index contributed by atoms with van der Waals surface area (Å²) in [6, 6.07) is 14.1. The van der Waals surface area contributed by atoms with E-state index in [2.05, 4.69) is 4.98 Å². The summed E-state index contributed by atoms with van der Waals surface area (Å²) in [4.78, 5) is 25.5. The summed E-state index contributed by atoms with van der Waals surface area (Å²) >= 11 is 0. The zero-order valence-electron chi connectivity index (χ0n) is 10.5. The first kappa shape index (κ1) is 12.2. The summed E-state index contributed by atoms with van der Waals surface area (Å²) in [5, 5.41) is 0. The van der Waals surface area contributed by atoms with Gasteiger partial charge in [-0.2, -0.15) is 0 Å². The van der Waals surface area contributed by atoms with E-state index >= 15 is 0 Å². The molecule has 0 aliphatic carbocycles. The average Bonchev–Trinajstić information content (AvgIpc) is 2.85. The highest BCUT2D eigenvalue weighted by Crippen LogP contribution is 2.14. The van der Waals surface area contributed by atoms with E-state index in [-0.39, 0.29) is 6.61 Å². The van der Waals surface area contributed by atoms with Gasteiger partial charge in [-0.3, -0.25) is 4.98 Å². The molecule has 0 unspecified atom stereocenters. The fourth-order valence-electron chi connectivity index (χ4n) is 1.88. The Balaban J connectivity index is 1.76. The van der Waals surface area contributed by atoms with Crippen LogP contribution in [0.5, 0.6) is 0 Å². The maximum atomic E-state index is 11.9. The molecule has 5 heteroatoms. The van der Waals surface area contributed by atoms with Crippen molar-refractivity contribution in [3.8, 4) is 0 Å². The number of aromatic nitrogens is 1. The second-order valence-corrected chi connectivity index (χ2v) is 4.29. The van der Waals surface area contributed by atoms with Gasteiger partial charge >= 0.3 is 11.7 Å². The van der Waals surface area contributed by atoms with Gasteiger partial charge in [0.2, 0.25) is 0 Å². The van der Waals surface area contributed by atoms with E-state index in [1.54, 1.807) is 12.1 Å². The van der Waals surface area contributed by atoms with Crippen molar-refractivity contribution >= 4 is 17.1 Å². The van der Waals surface area contributed by atoms with Gasteiger partial charge in [-0.05, 0) is 23.8 Å². The van der Waals surface area contributed by atoms with Gasteiger partial charge in [0.25, 0.3) is 0 Å². The van der Waals surface area contributed by atoms with Gasteiger partial charge < -0.3 is 9.15 Å². The minimum absolute atomic E-state index is 0.203. The molecule has 3 aromatic rings. The van der Waals surface area contributed by atoms with Crippen molar-refractivity contribution < 1.29 is 13.9 Å². The van der Waals surface area contributed by atoms with Gasteiger partial charge in [-0.1, -0.05) is 30.3 Å². The van der Waals surface area contributed by atoms with E-state index in [0.29, 0.717) is 16.7 Å². The van der Waals surface area contributed by atoms with Crippen molar-refractivity contribution in [1.82, 2.24) is 4.98 Å². The number of carbonyl (C=O) groups excluding carboxylic acids is 1. The number of ether oxygens (including phenoxy) is 1. The van der Waals surface area contributed by atoms with Crippen molar-refractivity contribution in [2.75, 3.05) is 0 Å². The number of hydrogen-bond donors (Lipinski definition) is 1. The first-order valence-corrected chi connectivity index (χ1v) is 6.06. The quantitative estimate of drug-likeness (QED) is 0.741. The molecule has 1 heterocycles. The number of aromatic amines is 1. The summed E-state index contributed by atoms with van der Waals surface area (Å²) in [6.07, 6.45) is 0. The lowest BCUT2D eigenvalue weighted by Gasteiger charge is -2.04. The van der Waals surface area contributed by atoms with Gasteiger partial charge in [0, 0.05) is 0 Å². The van der Waals surface area contributed by atoms with Gasteiger partial charge in [0.15, 0.2) is 5.58 Å². The Kier molecular flexibility index (Phi) is 3.09. The molecule has 0 radical (unpaired) electrons. The molecule has 1 aromatic heterocycles. The Morgan fingerprint density at radius 2 is 1.95 bits per heavy atom. The van der Waals surface area contributed by atoms with E-state index in [1.807, 2.05) is 30.3 Å². The van der Waals surface area contributed by atoms with Gasteiger partial charge in [0.05, 0.1) is 11.1 Å². The third-order valence-electron chi connectivity index (χ3n) is 2.87. The Labute approximate surface area is 113 Å². The number of hydrogen-bond acceptors (Lipinski definition) is 4. The van der Waals surface area contributed by atoms with Crippen molar-refractivity contribution in [2.24, 2.45) is 0 Å². The summed E-state index contributed by atoms with van der Waals surface area (Å²) in [5.74, 6) is -1.01. The fourth-order valence-corrected chi connectivity index (χ4v) is 1.88. The molecule has 3 rings (SSSR count). The normalized spacial score (nSPS) is 10.6. The molecule has 0 amide bonds. The largest absolute Gasteiger partial charge is 0.457 e. The van der Waals surface area contributed by atoms with E-state index in [1.165, 1.54) is 6.07 Å². The number of nitrogens with one attached hydrogen (secondary N) is 1. The Bertz CT molecular complexity index is 801. The van der Waals surface area contributed by atoms with Gasteiger partial charge in [-0.15, -0.1) is 0 Å². The molecular weight excluding hydrogens is 258 g/mol. The smallest absolute Gasteiger partial charge is 0.417 e. The van der Waals surface area contributed by atoms with Crippen molar-refractivity contribution in [2.45, 2.75) is 6.61 Å². The van der Waals surface area contributed by atoms with Crippen LogP contribution in [0.1, 0.15) is 15.9 Å². The Hall–Kier alpha value is -2.82. The van der Waals surface area contributed by atoms with Crippen LogP contribution in [-0.2, 0) is 11.3 Å². The number of oxazole rings is 1. The molecule has 0 aliphatic heterocycles. The van der Waals surface area contributed by atoms with Crippen LogP contribution in [-0.4, -0.2) is 11.0 Å². The maximum Gasteiger partial charge on any atom is 0.417 e. The SMILES string of the molecule is O=C(OCc1ccccc1)c1ccc2[nH]c(=O)oc2c1. The molecule has 0 aliphatic rings. The summed E-state index contributed by atoms with van der Waals surface area (Å²) in [6.45, 7) is 0.203. The number of benzene rings is 2. The third kappa shape index (κ3) is 2.47. The number of esters is 1. The van der Waals surface area contributed by atoms with E-state index in [9.17, 15) is 9.59 Å². The van der Waals surface area contributed by atoms with Crippen LogP contribution in [0.3, 0.4) is 0 Å². The van der Waals surface area contributed by atoms with Gasteiger partial charge in [-0.25, -0.2) is 9.59 Å². The molecule has 0 saturated carbocycles. The van der Waals surface area contributed by atoms with Crippen molar-refractivity contribution in [3.63, 3.8) is 0 Å². The highest BCUT2D eigenvalue weighted by molar-refractivity contribution is 5.93. The predicted octanol–water partition coefficient (Wildman–Crippen LogP) is 2.48. The molecule has 100 valence electrons. The van der Waals surface area contributed by atoms with Crippen LogP contribution in [0.15, 0.2) is 57.7 Å². The zero-order valence-corrected chi connectivity index (χ0v) is 10.5. The van der Waals surface area contributed by atoms with Gasteiger partial charge in [0.1, 0.15) is 6.61 Å². The lowest BCUT2D eigenvalue weighted by atomic mass is 10.2. The maximum absolute atomic E-state index is 11.9. The molecule has 2 aromatic carbocycles. The van der Waals surface area contributed by atoms with Crippen molar-refractivity contribution in [1.29, 1.82) is 0 Å². The number of rotatable bonds is 3. The minimum atomic E-state index is -0.546. The third-order valence-corrected chi connectivity index (χ3v) is 2.87. The standard InChI is InChI=1S/C15H11NO4/c17-14(19-9-10-4-2-1-3-5-10)11-6-7-12-13(8-11)20-15(18)16-12/h1-8H,9H2,(H,16,18). The van der Waals surface area contributed by atoms with E-state index in [4.69, 9.17) is 9.15 Å². The Morgan fingerprint density at radius 1 is 1.15 bits per heavy atom. The van der Waals surface area contributed by atoms with Crippen LogP contribution in [0.2, 0.25) is 0 Å².